The molecule has 1 N–H and O–H groups in total. The van der Waals surface area contributed by atoms with Crippen LogP contribution in [0.2, 0.25) is 5.02 Å². The summed E-state index contributed by atoms with van der Waals surface area (Å²) in [6.45, 7) is 0.338. The molecule has 0 aliphatic carbocycles. The molecule has 1 fully saturated rings. The van der Waals surface area contributed by atoms with Gasteiger partial charge in [0.15, 0.2) is 0 Å². The van der Waals surface area contributed by atoms with Crippen molar-refractivity contribution in [3.05, 3.63) is 34.6 Å². The van der Waals surface area contributed by atoms with Crippen LogP contribution in [-0.2, 0) is 4.74 Å². The van der Waals surface area contributed by atoms with Crippen molar-refractivity contribution >= 4 is 17.7 Å². The molecule has 0 aromatic heterocycles. The van der Waals surface area contributed by atoms with Crippen molar-refractivity contribution in [1.29, 1.82) is 0 Å². The maximum Gasteiger partial charge on any atom is 0.407 e. The highest BCUT2D eigenvalue weighted by atomic mass is 35.5. The van der Waals surface area contributed by atoms with Crippen LogP contribution in [0.25, 0.3) is 0 Å². The number of halogens is 2. The third-order valence-corrected chi connectivity index (χ3v) is 2.44. The van der Waals surface area contributed by atoms with Crippen molar-refractivity contribution in [2.45, 2.75) is 12.5 Å². The largest absolute Gasteiger partial charge is 0.449 e. The van der Waals surface area contributed by atoms with E-state index in [-0.39, 0.29) is 6.04 Å². The first-order valence-corrected chi connectivity index (χ1v) is 4.92. The van der Waals surface area contributed by atoms with E-state index in [1.165, 1.54) is 12.1 Å². The van der Waals surface area contributed by atoms with Crippen molar-refractivity contribution in [3.8, 4) is 0 Å². The molecule has 1 aliphatic heterocycles. The number of nitrogens with one attached hydrogen (secondary N) is 1. The minimum absolute atomic E-state index is 0.223. The molecule has 1 saturated heterocycles. The third-order valence-electron chi connectivity index (χ3n) is 2.22. The molecule has 15 heavy (non-hydrogen) atoms. The first kappa shape index (κ1) is 10.2. The summed E-state index contributed by atoms with van der Waals surface area (Å²) in [6.07, 6.45) is 0.137. The van der Waals surface area contributed by atoms with E-state index >= 15 is 0 Å². The Bertz CT molecular complexity index is 377. The number of hydrogen-bond donors (Lipinski definition) is 1. The topological polar surface area (TPSA) is 38.3 Å². The summed E-state index contributed by atoms with van der Waals surface area (Å²) in [6, 6.07) is 4.01. The summed E-state index contributed by atoms with van der Waals surface area (Å²) in [4.78, 5) is 11.0. The van der Waals surface area contributed by atoms with Gasteiger partial charge in [0.05, 0.1) is 12.6 Å². The fourth-order valence-corrected chi connectivity index (χ4v) is 1.78. The molecule has 1 atom stereocenters. The van der Waals surface area contributed by atoms with Crippen LogP contribution in [0.4, 0.5) is 9.18 Å². The van der Waals surface area contributed by atoms with Crippen molar-refractivity contribution in [1.82, 2.24) is 5.32 Å². The Morgan fingerprint density at radius 3 is 2.93 bits per heavy atom. The summed E-state index contributed by atoms with van der Waals surface area (Å²) in [7, 11) is 0. The molecule has 1 aromatic rings. The van der Waals surface area contributed by atoms with E-state index in [9.17, 15) is 9.18 Å². The lowest BCUT2D eigenvalue weighted by Gasteiger charge is -2.23. The SMILES string of the molecule is O=C1N[C@H](c2cc(F)cc(Cl)c2)CCO1. The fourth-order valence-electron chi connectivity index (χ4n) is 1.55. The second kappa shape index (κ2) is 4.06. The van der Waals surface area contributed by atoms with Gasteiger partial charge >= 0.3 is 6.09 Å². The number of amides is 1. The molecule has 1 aliphatic rings. The second-order valence-corrected chi connectivity index (χ2v) is 3.76. The highest BCUT2D eigenvalue weighted by Gasteiger charge is 2.21. The quantitative estimate of drug-likeness (QED) is 0.804. The lowest BCUT2D eigenvalue weighted by molar-refractivity contribution is 0.115. The van der Waals surface area contributed by atoms with Crippen LogP contribution in [0.3, 0.4) is 0 Å². The predicted octanol–water partition coefficient (Wildman–Crippen LogP) is 2.65. The number of cyclic esters (lactones) is 1. The summed E-state index contributed by atoms with van der Waals surface area (Å²) in [5, 5.41) is 2.93. The molecule has 0 bridgehead atoms. The van der Waals surface area contributed by atoms with Crippen LogP contribution in [0, 0.1) is 5.82 Å². The van der Waals surface area contributed by atoms with E-state index in [4.69, 9.17) is 16.3 Å². The minimum Gasteiger partial charge on any atom is -0.449 e. The van der Waals surface area contributed by atoms with Gasteiger partial charge in [-0.05, 0) is 23.8 Å². The summed E-state index contributed by atoms with van der Waals surface area (Å²) >= 11 is 5.72. The summed E-state index contributed by atoms with van der Waals surface area (Å²) < 4.78 is 17.8. The number of ether oxygens (including phenoxy) is 1. The molecule has 0 unspecified atom stereocenters. The molecular weight excluding hydrogens is 221 g/mol. The van der Waals surface area contributed by atoms with Gasteiger partial charge in [-0.15, -0.1) is 0 Å². The van der Waals surface area contributed by atoms with Gasteiger partial charge in [0.2, 0.25) is 0 Å². The molecule has 5 heteroatoms. The Morgan fingerprint density at radius 2 is 2.27 bits per heavy atom. The number of benzene rings is 1. The van der Waals surface area contributed by atoms with E-state index in [0.717, 1.165) is 0 Å². The monoisotopic (exact) mass is 229 g/mol. The molecule has 1 aromatic carbocycles. The highest BCUT2D eigenvalue weighted by Crippen LogP contribution is 2.24. The van der Waals surface area contributed by atoms with Crippen LogP contribution in [-0.4, -0.2) is 12.7 Å². The zero-order valence-electron chi connectivity index (χ0n) is 7.80. The number of hydrogen-bond acceptors (Lipinski definition) is 2. The maximum atomic E-state index is 13.1. The van der Waals surface area contributed by atoms with E-state index in [1.54, 1.807) is 6.07 Å². The van der Waals surface area contributed by atoms with Gasteiger partial charge in [-0.2, -0.15) is 0 Å². The van der Waals surface area contributed by atoms with Gasteiger partial charge in [0.1, 0.15) is 5.82 Å². The van der Waals surface area contributed by atoms with E-state index in [2.05, 4.69) is 5.32 Å². The Kier molecular flexibility index (Phi) is 2.77. The lowest BCUT2D eigenvalue weighted by atomic mass is 10.0. The Morgan fingerprint density at radius 1 is 1.47 bits per heavy atom. The average Bonchev–Trinajstić information content (AvgIpc) is 2.16. The smallest absolute Gasteiger partial charge is 0.407 e. The molecule has 0 spiro atoms. The molecule has 1 heterocycles. The third kappa shape index (κ3) is 2.39. The standard InChI is InChI=1S/C10H9ClFNO2/c11-7-3-6(4-8(12)5-7)9-1-2-15-10(14)13-9/h3-5,9H,1-2H2,(H,13,14)/t9-/m0/s1. The van der Waals surface area contributed by atoms with Crippen molar-refractivity contribution in [2.75, 3.05) is 6.61 Å². The second-order valence-electron chi connectivity index (χ2n) is 3.32. The average molecular weight is 230 g/mol. The molecule has 2 rings (SSSR count). The van der Waals surface area contributed by atoms with Crippen molar-refractivity contribution in [2.24, 2.45) is 0 Å². The predicted molar refractivity (Wildman–Crippen MR) is 53.3 cm³/mol. The number of carbonyl (C=O) groups excluding carboxylic acids is 1. The number of carbonyl (C=O) groups is 1. The first-order valence-electron chi connectivity index (χ1n) is 4.54. The molecule has 0 radical (unpaired) electrons. The lowest BCUT2D eigenvalue weighted by Crippen LogP contribution is -2.35. The molecule has 0 saturated carbocycles. The summed E-state index contributed by atoms with van der Waals surface area (Å²) in [5.41, 5.74) is 0.664. The zero-order chi connectivity index (χ0) is 10.8. The highest BCUT2D eigenvalue weighted by molar-refractivity contribution is 6.30. The van der Waals surface area contributed by atoms with Crippen LogP contribution in [0.1, 0.15) is 18.0 Å². The van der Waals surface area contributed by atoms with Crippen LogP contribution >= 0.6 is 11.6 Å². The zero-order valence-corrected chi connectivity index (χ0v) is 8.55. The van der Waals surface area contributed by atoms with E-state index < -0.39 is 11.9 Å². The van der Waals surface area contributed by atoms with Crippen LogP contribution in [0.5, 0.6) is 0 Å². The Hall–Kier alpha value is -1.29. The molecule has 80 valence electrons. The van der Waals surface area contributed by atoms with Crippen LogP contribution in [0.15, 0.2) is 18.2 Å². The Labute approximate surface area is 91.2 Å². The van der Waals surface area contributed by atoms with Gasteiger partial charge in [-0.1, -0.05) is 11.6 Å². The number of rotatable bonds is 1. The van der Waals surface area contributed by atoms with Gasteiger partial charge in [0, 0.05) is 11.4 Å². The molecular formula is C10H9ClFNO2. The maximum absolute atomic E-state index is 13.1. The minimum atomic E-state index is -0.480. The van der Waals surface area contributed by atoms with Crippen molar-refractivity contribution in [3.63, 3.8) is 0 Å². The first-order chi connectivity index (χ1) is 7.15. The van der Waals surface area contributed by atoms with Gasteiger partial charge < -0.3 is 10.1 Å². The van der Waals surface area contributed by atoms with Crippen LogP contribution < -0.4 is 5.32 Å². The van der Waals surface area contributed by atoms with E-state index in [0.29, 0.717) is 23.6 Å². The number of alkyl carbamates (subject to hydrolysis) is 1. The fraction of sp³-hybridized carbons (Fsp3) is 0.300. The van der Waals surface area contributed by atoms with Crippen molar-refractivity contribution < 1.29 is 13.9 Å². The normalized spacial score (nSPS) is 20.7. The molecule has 3 nitrogen and oxygen atoms in total. The Balaban J connectivity index is 2.24. The van der Waals surface area contributed by atoms with Gasteiger partial charge in [-0.3, -0.25) is 0 Å². The molecule has 1 amide bonds. The van der Waals surface area contributed by atoms with E-state index in [1.807, 2.05) is 0 Å². The van der Waals surface area contributed by atoms with Gasteiger partial charge in [-0.25, -0.2) is 9.18 Å². The summed E-state index contributed by atoms with van der Waals surface area (Å²) in [5.74, 6) is -0.404. The van der Waals surface area contributed by atoms with Gasteiger partial charge in [0.25, 0.3) is 0 Å².